The third-order valence-corrected chi connectivity index (χ3v) is 4.33. The van der Waals surface area contributed by atoms with Crippen LogP contribution < -0.4 is 0 Å². The second-order valence-corrected chi connectivity index (χ2v) is 5.86. The molecule has 3 aromatic carbocycles. The van der Waals surface area contributed by atoms with Crippen molar-refractivity contribution in [3.63, 3.8) is 0 Å². The van der Waals surface area contributed by atoms with Gasteiger partial charge in [0.25, 0.3) is 0 Å². The number of aromatic nitrogens is 1. The minimum atomic E-state index is -0.927. The number of carboxylic acid groups (broad SMARTS) is 1. The standard InChI is InChI=1S/C21H15NO2/c1-13-19(18-8-4-6-14-5-2-3-7-17(14)18)12-16-11-15(21(23)24)9-10-20(16)22-13/h2-12H,1H3,(H,23,24). The first kappa shape index (κ1) is 14.4. The van der Waals surface area contributed by atoms with Crippen LogP contribution in [0.3, 0.4) is 0 Å². The van der Waals surface area contributed by atoms with Crippen LogP contribution in [-0.4, -0.2) is 16.1 Å². The van der Waals surface area contributed by atoms with Crippen LogP contribution in [0, 0.1) is 6.92 Å². The van der Waals surface area contributed by atoms with Crippen LogP contribution in [-0.2, 0) is 0 Å². The van der Waals surface area contributed by atoms with Crippen LogP contribution in [0.25, 0.3) is 32.8 Å². The molecule has 0 aliphatic rings. The van der Waals surface area contributed by atoms with Crippen molar-refractivity contribution in [1.29, 1.82) is 0 Å². The van der Waals surface area contributed by atoms with Gasteiger partial charge in [-0.1, -0.05) is 42.5 Å². The summed E-state index contributed by atoms with van der Waals surface area (Å²) in [5, 5.41) is 12.4. The minimum absolute atomic E-state index is 0.275. The third-order valence-electron chi connectivity index (χ3n) is 4.33. The van der Waals surface area contributed by atoms with E-state index in [4.69, 9.17) is 0 Å². The van der Waals surface area contributed by atoms with Crippen LogP contribution in [0.5, 0.6) is 0 Å². The molecule has 0 fully saturated rings. The molecule has 1 aromatic heterocycles. The van der Waals surface area contributed by atoms with Crippen molar-refractivity contribution >= 4 is 27.6 Å². The molecule has 4 aromatic rings. The average molecular weight is 313 g/mol. The molecule has 0 unspecified atom stereocenters. The van der Waals surface area contributed by atoms with E-state index < -0.39 is 5.97 Å². The second kappa shape index (κ2) is 5.46. The SMILES string of the molecule is Cc1nc2ccc(C(=O)O)cc2cc1-c1cccc2ccccc12. The lowest BCUT2D eigenvalue weighted by Gasteiger charge is -2.11. The fourth-order valence-corrected chi connectivity index (χ4v) is 3.14. The molecular weight excluding hydrogens is 298 g/mol. The zero-order chi connectivity index (χ0) is 16.7. The minimum Gasteiger partial charge on any atom is -0.478 e. The van der Waals surface area contributed by atoms with E-state index in [9.17, 15) is 9.90 Å². The highest BCUT2D eigenvalue weighted by atomic mass is 16.4. The van der Waals surface area contributed by atoms with Crippen LogP contribution in [0.2, 0.25) is 0 Å². The molecule has 0 radical (unpaired) electrons. The van der Waals surface area contributed by atoms with Crippen molar-refractivity contribution in [1.82, 2.24) is 4.98 Å². The molecule has 0 atom stereocenters. The number of benzene rings is 3. The smallest absolute Gasteiger partial charge is 0.335 e. The molecule has 3 nitrogen and oxygen atoms in total. The molecule has 0 saturated heterocycles. The van der Waals surface area contributed by atoms with Crippen molar-refractivity contribution < 1.29 is 9.90 Å². The molecule has 3 heteroatoms. The first-order valence-electron chi connectivity index (χ1n) is 7.76. The number of nitrogens with zero attached hydrogens (tertiary/aromatic N) is 1. The normalized spacial score (nSPS) is 11.0. The van der Waals surface area contributed by atoms with Gasteiger partial charge in [0.2, 0.25) is 0 Å². The van der Waals surface area contributed by atoms with Gasteiger partial charge in [0.05, 0.1) is 11.1 Å². The Kier molecular flexibility index (Phi) is 3.28. The Labute approximate surface area is 139 Å². The lowest BCUT2D eigenvalue weighted by Crippen LogP contribution is -1.97. The Morgan fingerprint density at radius 2 is 1.67 bits per heavy atom. The molecular formula is C21H15NO2. The molecule has 4 rings (SSSR count). The number of aromatic carboxylic acids is 1. The average Bonchev–Trinajstić information content (AvgIpc) is 2.60. The Morgan fingerprint density at radius 3 is 2.50 bits per heavy atom. The largest absolute Gasteiger partial charge is 0.478 e. The van der Waals surface area contributed by atoms with Gasteiger partial charge >= 0.3 is 5.97 Å². The van der Waals surface area contributed by atoms with Crippen LogP contribution in [0.1, 0.15) is 16.1 Å². The van der Waals surface area contributed by atoms with Gasteiger partial charge in [0.1, 0.15) is 0 Å². The topological polar surface area (TPSA) is 50.2 Å². The van der Waals surface area contributed by atoms with E-state index in [0.29, 0.717) is 0 Å². The van der Waals surface area contributed by atoms with E-state index >= 15 is 0 Å². The van der Waals surface area contributed by atoms with Crippen LogP contribution >= 0.6 is 0 Å². The van der Waals surface area contributed by atoms with Crippen molar-refractivity contribution in [3.8, 4) is 11.1 Å². The maximum atomic E-state index is 11.2. The summed E-state index contributed by atoms with van der Waals surface area (Å²) in [4.78, 5) is 15.9. The second-order valence-electron chi connectivity index (χ2n) is 5.86. The zero-order valence-corrected chi connectivity index (χ0v) is 13.2. The lowest BCUT2D eigenvalue weighted by atomic mass is 9.96. The van der Waals surface area contributed by atoms with Gasteiger partial charge in [-0.05, 0) is 47.5 Å². The number of carboxylic acids is 1. The summed E-state index contributed by atoms with van der Waals surface area (Å²) in [5.41, 5.74) is 4.16. The summed E-state index contributed by atoms with van der Waals surface area (Å²) >= 11 is 0. The Morgan fingerprint density at radius 1 is 0.875 bits per heavy atom. The number of hydrogen-bond donors (Lipinski definition) is 1. The fourth-order valence-electron chi connectivity index (χ4n) is 3.14. The molecule has 1 N–H and O–H groups in total. The van der Waals surface area contributed by atoms with Gasteiger partial charge in [-0.3, -0.25) is 4.98 Å². The van der Waals surface area contributed by atoms with Crippen LogP contribution in [0.4, 0.5) is 0 Å². The summed E-state index contributed by atoms with van der Waals surface area (Å²) in [7, 11) is 0. The molecule has 0 aliphatic heterocycles. The van der Waals surface area contributed by atoms with Crippen LogP contribution in [0.15, 0.2) is 66.7 Å². The van der Waals surface area contributed by atoms with E-state index in [0.717, 1.165) is 27.7 Å². The first-order chi connectivity index (χ1) is 11.6. The van der Waals surface area contributed by atoms with Gasteiger partial charge in [-0.2, -0.15) is 0 Å². The maximum absolute atomic E-state index is 11.2. The Hall–Kier alpha value is -3.20. The van der Waals surface area contributed by atoms with E-state index in [1.54, 1.807) is 18.2 Å². The summed E-state index contributed by atoms with van der Waals surface area (Å²) < 4.78 is 0. The number of pyridine rings is 1. The molecule has 0 saturated carbocycles. The van der Waals surface area contributed by atoms with Gasteiger partial charge in [-0.25, -0.2) is 4.79 Å². The highest BCUT2D eigenvalue weighted by molar-refractivity contribution is 6.00. The highest BCUT2D eigenvalue weighted by Gasteiger charge is 2.11. The highest BCUT2D eigenvalue weighted by Crippen LogP contribution is 2.32. The fraction of sp³-hybridized carbons (Fsp3) is 0.0476. The Bertz CT molecular complexity index is 1090. The predicted octanol–water partition coefficient (Wildman–Crippen LogP) is 5.06. The number of aryl methyl sites for hydroxylation is 1. The summed E-state index contributed by atoms with van der Waals surface area (Å²) in [6.07, 6.45) is 0. The van der Waals surface area contributed by atoms with Gasteiger partial charge in [0.15, 0.2) is 0 Å². The predicted molar refractivity (Wildman–Crippen MR) is 96.4 cm³/mol. The molecule has 1 heterocycles. The van der Waals surface area contributed by atoms with E-state index in [1.165, 1.54) is 10.8 Å². The monoisotopic (exact) mass is 313 g/mol. The van der Waals surface area contributed by atoms with Crippen molar-refractivity contribution in [3.05, 3.63) is 78.0 Å². The van der Waals surface area contributed by atoms with E-state index in [-0.39, 0.29) is 5.56 Å². The number of hydrogen-bond acceptors (Lipinski definition) is 2. The van der Waals surface area contributed by atoms with Gasteiger partial charge in [0, 0.05) is 16.6 Å². The summed E-state index contributed by atoms with van der Waals surface area (Å²) in [5.74, 6) is -0.927. The molecule has 116 valence electrons. The summed E-state index contributed by atoms with van der Waals surface area (Å²) in [6, 6.07) is 21.5. The number of carbonyl (C=O) groups is 1. The van der Waals surface area contributed by atoms with Crippen molar-refractivity contribution in [2.24, 2.45) is 0 Å². The van der Waals surface area contributed by atoms with Gasteiger partial charge < -0.3 is 5.11 Å². The molecule has 0 spiro atoms. The number of rotatable bonds is 2. The molecule has 0 aliphatic carbocycles. The zero-order valence-electron chi connectivity index (χ0n) is 13.2. The quantitative estimate of drug-likeness (QED) is 0.562. The van der Waals surface area contributed by atoms with E-state index in [1.807, 2.05) is 31.2 Å². The maximum Gasteiger partial charge on any atom is 0.335 e. The molecule has 24 heavy (non-hydrogen) atoms. The first-order valence-corrected chi connectivity index (χ1v) is 7.76. The van der Waals surface area contributed by atoms with Gasteiger partial charge in [-0.15, -0.1) is 0 Å². The Balaban J connectivity index is 2.01. The molecule has 0 bridgehead atoms. The van der Waals surface area contributed by atoms with Crippen molar-refractivity contribution in [2.45, 2.75) is 6.92 Å². The lowest BCUT2D eigenvalue weighted by molar-refractivity contribution is 0.0697. The van der Waals surface area contributed by atoms with Crippen molar-refractivity contribution in [2.75, 3.05) is 0 Å². The number of fused-ring (bicyclic) bond motifs is 2. The third kappa shape index (κ3) is 2.31. The molecule has 0 amide bonds. The summed E-state index contributed by atoms with van der Waals surface area (Å²) in [6.45, 7) is 1.99. The van der Waals surface area contributed by atoms with E-state index in [2.05, 4.69) is 29.2 Å².